The quantitative estimate of drug-likeness (QED) is 0.396. The number of rotatable bonds is 4. The Morgan fingerprint density at radius 2 is 1.86 bits per heavy atom. The van der Waals surface area contributed by atoms with Gasteiger partial charge in [-0.15, -0.1) is 0 Å². The lowest BCUT2D eigenvalue weighted by molar-refractivity contribution is -0.139. The van der Waals surface area contributed by atoms with E-state index in [0.29, 0.717) is 17.1 Å². The summed E-state index contributed by atoms with van der Waals surface area (Å²) < 4.78 is 0. The Morgan fingerprint density at radius 1 is 1.17 bits per heavy atom. The second-order valence-electron chi connectivity index (χ2n) is 12.3. The van der Waals surface area contributed by atoms with Crippen LogP contribution in [0.1, 0.15) is 41.2 Å². The van der Waals surface area contributed by atoms with Gasteiger partial charge in [0.25, 0.3) is 5.91 Å². The maximum atomic E-state index is 14.2. The fourth-order valence-electron chi connectivity index (χ4n) is 7.69. The largest absolute Gasteiger partial charge is 0.510 e. The van der Waals surface area contributed by atoms with Crippen molar-refractivity contribution in [2.24, 2.45) is 23.0 Å². The number of hydrogen-bond donors (Lipinski definition) is 4. The molecule has 6 rings (SSSR count). The highest BCUT2D eigenvalue weighted by atomic mass is 35.5. The van der Waals surface area contributed by atoms with Gasteiger partial charge in [0.1, 0.15) is 22.8 Å². The number of fused-ring (bicyclic) bond motifs is 4. The number of carbonyl (C=O) groups excluding carboxylic acids is 3. The molecule has 4 atom stereocenters. The normalized spacial score (nSPS) is 27.5. The molecular weight excluding hydrogens is 558 g/mol. The van der Waals surface area contributed by atoms with Gasteiger partial charge < -0.3 is 21.1 Å². The summed E-state index contributed by atoms with van der Waals surface area (Å²) >= 11 is 6.98. The minimum Gasteiger partial charge on any atom is -0.510 e. The van der Waals surface area contributed by atoms with Crippen LogP contribution < -0.4 is 5.73 Å². The van der Waals surface area contributed by atoms with Crippen LogP contribution in [0, 0.1) is 17.3 Å². The first-order valence-corrected chi connectivity index (χ1v) is 14.5. The molecule has 10 heteroatoms. The molecule has 0 radical (unpaired) electrons. The van der Waals surface area contributed by atoms with Crippen molar-refractivity contribution in [1.82, 2.24) is 9.80 Å². The summed E-state index contributed by atoms with van der Waals surface area (Å²) in [5.74, 6) is -4.80. The molecule has 2 aromatic rings. The van der Waals surface area contributed by atoms with Gasteiger partial charge in [-0.1, -0.05) is 35.9 Å². The Morgan fingerprint density at radius 3 is 2.52 bits per heavy atom. The number of carbonyl (C=O) groups is 3. The lowest BCUT2D eigenvalue weighted by Crippen LogP contribution is -2.60. The first-order chi connectivity index (χ1) is 19.9. The van der Waals surface area contributed by atoms with E-state index in [1.807, 2.05) is 12.1 Å². The van der Waals surface area contributed by atoms with Crippen LogP contribution in [0.15, 0.2) is 47.2 Å². The average Bonchev–Trinajstić information content (AvgIpc) is 2.93. The molecule has 220 valence electrons. The third kappa shape index (κ3) is 4.01. The molecule has 0 saturated heterocycles. The molecule has 5 N–H and O–H groups in total. The molecule has 0 aromatic heterocycles. The fourth-order valence-corrected chi connectivity index (χ4v) is 7.97. The number of benzene rings is 2. The van der Waals surface area contributed by atoms with Crippen LogP contribution >= 0.6 is 11.6 Å². The van der Waals surface area contributed by atoms with Crippen molar-refractivity contribution in [3.05, 3.63) is 80.1 Å². The van der Waals surface area contributed by atoms with Gasteiger partial charge in [0, 0.05) is 36.1 Å². The third-order valence-electron chi connectivity index (χ3n) is 9.79. The van der Waals surface area contributed by atoms with E-state index in [2.05, 4.69) is 17.0 Å². The van der Waals surface area contributed by atoms with Crippen LogP contribution in [0.2, 0.25) is 5.02 Å². The number of nitrogens with zero attached hydrogens (tertiary/aromatic N) is 2. The number of halogens is 1. The molecule has 4 aliphatic rings. The molecule has 0 spiro atoms. The average molecular weight is 592 g/mol. The molecule has 1 aliphatic heterocycles. The fraction of sp³-hybridized carbons (Fsp3) is 0.406. The van der Waals surface area contributed by atoms with E-state index in [4.69, 9.17) is 17.3 Å². The first kappa shape index (κ1) is 28.5. The van der Waals surface area contributed by atoms with Gasteiger partial charge in [0.05, 0.1) is 17.0 Å². The van der Waals surface area contributed by atoms with Crippen molar-refractivity contribution in [3.63, 3.8) is 0 Å². The van der Waals surface area contributed by atoms with Crippen LogP contribution in [0.3, 0.4) is 0 Å². The number of aliphatic hydroxyl groups excluding tert-OH is 2. The Bertz CT molecular complexity index is 1630. The molecule has 0 bridgehead atoms. The number of amides is 1. The lowest BCUT2D eigenvalue weighted by atomic mass is 9.53. The SMILES string of the molecule is CN(C)[C@@H]1C(=O)C(C(N)=O)=C(O)[C@@]2(C)C(=O)C3=C(O)c4c(O)cc(CN5CCc6ccccc6C5)c(Cl)c4C[C@H]3C[C@@H]12. The molecular formula is C32H34ClN3O6. The van der Waals surface area contributed by atoms with Gasteiger partial charge in [0.2, 0.25) is 0 Å². The highest BCUT2D eigenvalue weighted by Gasteiger charge is 2.62. The molecule has 42 heavy (non-hydrogen) atoms. The number of Topliss-reactive ketones (excluding diaryl/α,β-unsaturated/α-hetero) is 2. The van der Waals surface area contributed by atoms with E-state index in [-0.39, 0.29) is 29.7 Å². The highest BCUT2D eigenvalue weighted by molar-refractivity contribution is 6.32. The number of hydrogen-bond acceptors (Lipinski definition) is 8. The zero-order valence-electron chi connectivity index (χ0n) is 23.8. The summed E-state index contributed by atoms with van der Waals surface area (Å²) in [6, 6.07) is 8.97. The van der Waals surface area contributed by atoms with Crippen molar-refractivity contribution in [3.8, 4) is 5.75 Å². The van der Waals surface area contributed by atoms with E-state index in [1.54, 1.807) is 25.1 Å². The number of nitrogens with two attached hydrogens (primary N) is 1. The summed E-state index contributed by atoms with van der Waals surface area (Å²) in [6.45, 7) is 3.57. The zero-order valence-corrected chi connectivity index (χ0v) is 24.5. The third-order valence-corrected chi connectivity index (χ3v) is 10.3. The summed E-state index contributed by atoms with van der Waals surface area (Å²) in [5.41, 5.74) is 7.22. The van der Waals surface area contributed by atoms with Gasteiger partial charge in [-0.3, -0.25) is 24.2 Å². The molecule has 1 fully saturated rings. The summed E-state index contributed by atoms with van der Waals surface area (Å²) in [5, 5.41) is 34.3. The van der Waals surface area contributed by atoms with E-state index in [9.17, 15) is 29.7 Å². The number of phenolic OH excluding ortho intramolecular Hbond substituents is 1. The van der Waals surface area contributed by atoms with Crippen LogP contribution in [0.25, 0.3) is 5.76 Å². The molecule has 9 nitrogen and oxygen atoms in total. The van der Waals surface area contributed by atoms with Crippen molar-refractivity contribution in [2.45, 2.75) is 45.3 Å². The summed E-state index contributed by atoms with van der Waals surface area (Å²) in [7, 11) is 3.35. The molecule has 2 aromatic carbocycles. The number of allylic oxidation sites excluding steroid dienone is 2. The Hall–Kier alpha value is -3.66. The minimum absolute atomic E-state index is 0.0511. The summed E-state index contributed by atoms with van der Waals surface area (Å²) in [4.78, 5) is 43.7. The standard InChI is InChI=1S/C32H34ClN3O6/c1-32-20(26(35(2)3)28(39)24(30(32)41)31(34)42)11-17-10-19-23(27(38)22(17)29(32)40)21(37)12-18(25(19)33)14-36-9-8-15-6-4-5-7-16(15)13-36/h4-7,12,17,20,26,37-38,41H,8-11,13-14H2,1-3H3,(H2,34,42)/t17-,20-,26-,32+/m0/s1. The van der Waals surface area contributed by atoms with Crippen molar-refractivity contribution >= 4 is 34.8 Å². The van der Waals surface area contributed by atoms with Crippen LogP contribution in [0.5, 0.6) is 5.75 Å². The second-order valence-corrected chi connectivity index (χ2v) is 12.7. The topological polar surface area (TPSA) is 144 Å². The van der Waals surface area contributed by atoms with Crippen molar-refractivity contribution < 1.29 is 29.7 Å². The zero-order chi connectivity index (χ0) is 30.2. The predicted molar refractivity (Wildman–Crippen MR) is 157 cm³/mol. The van der Waals surface area contributed by atoms with E-state index in [1.165, 1.54) is 18.1 Å². The first-order valence-electron chi connectivity index (χ1n) is 14.1. The van der Waals surface area contributed by atoms with Crippen LogP contribution in [-0.4, -0.2) is 69.3 Å². The second kappa shape index (κ2) is 9.97. The smallest absolute Gasteiger partial charge is 0.255 e. The highest BCUT2D eigenvalue weighted by Crippen LogP contribution is 2.57. The van der Waals surface area contributed by atoms with Gasteiger partial charge in [-0.2, -0.15) is 0 Å². The number of phenols is 1. The molecule has 1 amide bonds. The Kier molecular flexibility index (Phi) is 6.75. The Balaban J connectivity index is 1.42. The van der Waals surface area contributed by atoms with Crippen molar-refractivity contribution in [2.75, 3.05) is 20.6 Å². The van der Waals surface area contributed by atoms with Crippen molar-refractivity contribution in [1.29, 1.82) is 0 Å². The van der Waals surface area contributed by atoms with Gasteiger partial charge in [-0.25, -0.2) is 0 Å². The number of aromatic hydroxyl groups is 1. The lowest BCUT2D eigenvalue weighted by Gasteiger charge is -2.51. The van der Waals surface area contributed by atoms with Crippen LogP contribution in [-0.2, 0) is 40.3 Å². The number of primary amides is 1. The van der Waals surface area contributed by atoms with Gasteiger partial charge >= 0.3 is 0 Å². The van der Waals surface area contributed by atoms with E-state index >= 15 is 0 Å². The maximum Gasteiger partial charge on any atom is 0.255 e. The monoisotopic (exact) mass is 591 g/mol. The van der Waals surface area contributed by atoms with E-state index < -0.39 is 57.9 Å². The molecule has 1 heterocycles. The molecule has 1 saturated carbocycles. The molecule has 3 aliphatic carbocycles. The Labute approximate surface area is 248 Å². The molecule has 0 unspecified atom stereocenters. The van der Waals surface area contributed by atoms with Gasteiger partial charge in [-0.05, 0) is 74.5 Å². The minimum atomic E-state index is -1.67. The maximum absolute atomic E-state index is 14.2. The van der Waals surface area contributed by atoms with Crippen LogP contribution in [0.4, 0.5) is 0 Å². The summed E-state index contributed by atoms with van der Waals surface area (Å²) in [6.07, 6.45) is 1.43. The predicted octanol–water partition coefficient (Wildman–Crippen LogP) is 3.45. The van der Waals surface area contributed by atoms with Gasteiger partial charge in [0.15, 0.2) is 11.6 Å². The number of aliphatic hydroxyl groups is 2. The number of ketones is 2. The number of likely N-dealkylation sites (N-methyl/N-ethyl adjacent to an activating group) is 1. The van der Waals surface area contributed by atoms with E-state index in [0.717, 1.165) is 25.1 Å².